The topological polar surface area (TPSA) is 68.0 Å². The molecule has 3 N–H and O–H groups in total. The standard InChI is InChI=1S/C19H19N3OS/c1-13-5-7-14(8-6-13)9-10-18(23)22-19-21-17(12-24-19)15-3-2-4-16(20)11-15/h2-8,11-12H,9-10,20H2,1H3,(H,21,22,23). The third kappa shape index (κ3) is 4.20. The van der Waals surface area contributed by atoms with Crippen LogP contribution >= 0.6 is 11.3 Å². The molecule has 3 aromatic rings. The number of hydrogen-bond donors (Lipinski definition) is 2. The van der Waals surface area contributed by atoms with Crippen molar-refractivity contribution in [1.82, 2.24) is 4.98 Å². The zero-order valence-corrected chi connectivity index (χ0v) is 14.3. The molecule has 0 unspecified atom stereocenters. The number of carbonyl (C=O) groups is 1. The number of hydrogen-bond acceptors (Lipinski definition) is 4. The molecule has 1 aromatic heterocycles. The summed E-state index contributed by atoms with van der Waals surface area (Å²) >= 11 is 1.42. The van der Waals surface area contributed by atoms with Crippen LogP contribution in [0.4, 0.5) is 10.8 Å². The normalized spacial score (nSPS) is 10.5. The average Bonchev–Trinajstić information content (AvgIpc) is 3.03. The molecule has 3 rings (SSSR count). The summed E-state index contributed by atoms with van der Waals surface area (Å²) in [7, 11) is 0. The van der Waals surface area contributed by atoms with E-state index >= 15 is 0 Å². The Labute approximate surface area is 145 Å². The average molecular weight is 337 g/mol. The summed E-state index contributed by atoms with van der Waals surface area (Å²) < 4.78 is 0. The summed E-state index contributed by atoms with van der Waals surface area (Å²) in [6.07, 6.45) is 1.16. The van der Waals surface area contributed by atoms with Crippen LogP contribution in [-0.4, -0.2) is 10.9 Å². The molecule has 0 saturated heterocycles. The van der Waals surface area contributed by atoms with E-state index < -0.39 is 0 Å². The Bertz CT molecular complexity index is 840. The molecule has 0 aliphatic rings. The molecule has 0 bridgehead atoms. The Kier molecular flexibility index (Phi) is 4.91. The molecule has 0 atom stereocenters. The summed E-state index contributed by atoms with van der Waals surface area (Å²) in [6, 6.07) is 15.8. The van der Waals surface area contributed by atoms with E-state index in [1.807, 2.05) is 29.6 Å². The molecule has 2 aromatic carbocycles. The highest BCUT2D eigenvalue weighted by atomic mass is 32.1. The third-order valence-corrected chi connectivity index (χ3v) is 4.45. The molecule has 122 valence electrons. The summed E-state index contributed by atoms with van der Waals surface area (Å²) in [6.45, 7) is 2.05. The van der Waals surface area contributed by atoms with Crippen LogP contribution in [-0.2, 0) is 11.2 Å². The SMILES string of the molecule is Cc1ccc(CCC(=O)Nc2nc(-c3cccc(N)c3)cs2)cc1. The molecular formula is C19H19N3OS. The Hall–Kier alpha value is -2.66. The van der Waals surface area contributed by atoms with Crippen LogP contribution in [0.2, 0.25) is 0 Å². The van der Waals surface area contributed by atoms with Crippen LogP contribution in [0, 0.1) is 6.92 Å². The number of aromatic nitrogens is 1. The van der Waals surface area contributed by atoms with Gasteiger partial charge in [0.1, 0.15) is 0 Å². The van der Waals surface area contributed by atoms with Crippen molar-refractivity contribution in [1.29, 1.82) is 0 Å². The number of benzene rings is 2. The van der Waals surface area contributed by atoms with E-state index in [0.29, 0.717) is 17.2 Å². The summed E-state index contributed by atoms with van der Waals surface area (Å²) in [5.74, 6) is -0.0240. The van der Waals surface area contributed by atoms with Gasteiger partial charge in [-0.2, -0.15) is 0 Å². The molecule has 5 heteroatoms. The highest BCUT2D eigenvalue weighted by molar-refractivity contribution is 7.14. The summed E-state index contributed by atoms with van der Waals surface area (Å²) in [5.41, 5.74) is 10.6. The zero-order chi connectivity index (χ0) is 16.9. The second kappa shape index (κ2) is 7.27. The Balaban J connectivity index is 1.58. The molecule has 0 aliphatic carbocycles. The van der Waals surface area contributed by atoms with Crippen LogP contribution in [0.15, 0.2) is 53.9 Å². The number of nitrogens with one attached hydrogen (secondary N) is 1. The highest BCUT2D eigenvalue weighted by Crippen LogP contribution is 2.26. The van der Waals surface area contributed by atoms with Crippen molar-refractivity contribution in [2.45, 2.75) is 19.8 Å². The second-order valence-corrected chi connectivity index (χ2v) is 6.56. The monoisotopic (exact) mass is 337 g/mol. The van der Waals surface area contributed by atoms with Gasteiger partial charge in [-0.25, -0.2) is 4.98 Å². The van der Waals surface area contributed by atoms with Crippen molar-refractivity contribution < 1.29 is 4.79 Å². The molecule has 0 radical (unpaired) electrons. The molecule has 24 heavy (non-hydrogen) atoms. The lowest BCUT2D eigenvalue weighted by molar-refractivity contribution is -0.116. The van der Waals surface area contributed by atoms with Gasteiger partial charge in [0, 0.05) is 23.1 Å². The van der Waals surface area contributed by atoms with Crippen molar-refractivity contribution in [3.05, 3.63) is 65.0 Å². The van der Waals surface area contributed by atoms with E-state index in [1.54, 1.807) is 0 Å². The van der Waals surface area contributed by atoms with Gasteiger partial charge >= 0.3 is 0 Å². The Morgan fingerprint density at radius 3 is 2.75 bits per heavy atom. The van der Waals surface area contributed by atoms with Gasteiger partial charge in [-0.1, -0.05) is 42.0 Å². The first-order chi connectivity index (χ1) is 11.6. The van der Waals surface area contributed by atoms with Gasteiger partial charge in [0.05, 0.1) is 5.69 Å². The maximum absolute atomic E-state index is 12.1. The fourth-order valence-electron chi connectivity index (χ4n) is 2.36. The minimum absolute atomic E-state index is 0.0240. The van der Waals surface area contributed by atoms with Gasteiger partial charge in [0.2, 0.25) is 5.91 Å². The van der Waals surface area contributed by atoms with E-state index in [2.05, 4.69) is 41.5 Å². The molecular weight excluding hydrogens is 318 g/mol. The minimum atomic E-state index is -0.0240. The van der Waals surface area contributed by atoms with Crippen molar-refractivity contribution >= 4 is 28.1 Å². The number of anilines is 2. The fourth-order valence-corrected chi connectivity index (χ4v) is 3.09. The van der Waals surface area contributed by atoms with E-state index in [0.717, 1.165) is 23.2 Å². The first-order valence-corrected chi connectivity index (χ1v) is 8.65. The second-order valence-electron chi connectivity index (χ2n) is 5.70. The highest BCUT2D eigenvalue weighted by Gasteiger charge is 2.08. The van der Waals surface area contributed by atoms with Gasteiger partial charge < -0.3 is 11.1 Å². The number of aryl methyl sites for hydroxylation is 2. The van der Waals surface area contributed by atoms with Crippen LogP contribution in [0.25, 0.3) is 11.3 Å². The molecule has 1 heterocycles. The quantitative estimate of drug-likeness (QED) is 0.683. The molecule has 0 aliphatic heterocycles. The Morgan fingerprint density at radius 2 is 2.00 bits per heavy atom. The van der Waals surface area contributed by atoms with Gasteiger partial charge in [-0.3, -0.25) is 4.79 Å². The van der Waals surface area contributed by atoms with E-state index in [-0.39, 0.29) is 5.91 Å². The van der Waals surface area contributed by atoms with Crippen molar-refractivity contribution in [2.75, 3.05) is 11.1 Å². The first kappa shape index (κ1) is 16.2. The van der Waals surface area contributed by atoms with Gasteiger partial charge in [-0.05, 0) is 31.0 Å². The number of carbonyl (C=O) groups excluding carboxylic acids is 1. The lowest BCUT2D eigenvalue weighted by Gasteiger charge is -2.03. The molecule has 1 amide bonds. The van der Waals surface area contributed by atoms with Crippen LogP contribution in [0.5, 0.6) is 0 Å². The number of nitrogen functional groups attached to an aromatic ring is 1. The number of thiazole rings is 1. The lowest BCUT2D eigenvalue weighted by atomic mass is 10.1. The summed E-state index contributed by atoms with van der Waals surface area (Å²) in [4.78, 5) is 16.5. The minimum Gasteiger partial charge on any atom is -0.399 e. The molecule has 0 saturated carbocycles. The lowest BCUT2D eigenvalue weighted by Crippen LogP contribution is -2.12. The van der Waals surface area contributed by atoms with Gasteiger partial charge in [-0.15, -0.1) is 11.3 Å². The van der Waals surface area contributed by atoms with Crippen molar-refractivity contribution in [2.24, 2.45) is 0 Å². The Morgan fingerprint density at radius 1 is 1.21 bits per heavy atom. The van der Waals surface area contributed by atoms with Crippen LogP contribution < -0.4 is 11.1 Å². The van der Waals surface area contributed by atoms with Crippen molar-refractivity contribution in [3.8, 4) is 11.3 Å². The van der Waals surface area contributed by atoms with Crippen molar-refractivity contribution in [3.63, 3.8) is 0 Å². The predicted molar refractivity (Wildman–Crippen MR) is 100 cm³/mol. The number of nitrogens with zero attached hydrogens (tertiary/aromatic N) is 1. The van der Waals surface area contributed by atoms with E-state index in [9.17, 15) is 4.79 Å². The van der Waals surface area contributed by atoms with Gasteiger partial charge in [0.25, 0.3) is 0 Å². The number of nitrogens with two attached hydrogens (primary N) is 1. The maximum Gasteiger partial charge on any atom is 0.226 e. The van der Waals surface area contributed by atoms with Crippen LogP contribution in [0.1, 0.15) is 17.5 Å². The zero-order valence-electron chi connectivity index (χ0n) is 13.5. The molecule has 4 nitrogen and oxygen atoms in total. The van der Waals surface area contributed by atoms with E-state index in [4.69, 9.17) is 5.73 Å². The van der Waals surface area contributed by atoms with Gasteiger partial charge in [0.15, 0.2) is 5.13 Å². The predicted octanol–water partition coefficient (Wildman–Crippen LogP) is 4.27. The number of amides is 1. The first-order valence-electron chi connectivity index (χ1n) is 7.77. The summed E-state index contributed by atoms with van der Waals surface area (Å²) in [5, 5.41) is 5.40. The third-order valence-electron chi connectivity index (χ3n) is 3.69. The number of rotatable bonds is 5. The van der Waals surface area contributed by atoms with E-state index in [1.165, 1.54) is 16.9 Å². The fraction of sp³-hybridized carbons (Fsp3) is 0.158. The molecule has 0 spiro atoms. The smallest absolute Gasteiger partial charge is 0.226 e. The largest absolute Gasteiger partial charge is 0.399 e. The molecule has 0 fully saturated rings. The maximum atomic E-state index is 12.1. The van der Waals surface area contributed by atoms with Crippen LogP contribution in [0.3, 0.4) is 0 Å².